The third-order valence-electron chi connectivity index (χ3n) is 3.57. The van der Waals surface area contributed by atoms with E-state index >= 15 is 0 Å². The molecule has 0 amide bonds. The molecule has 1 heterocycles. The largest absolute Gasteiger partial charge is 0.394 e. The van der Waals surface area contributed by atoms with Crippen LogP contribution in [-0.2, 0) is 5.54 Å². The standard InChI is InChI=1S/C13H19ClN2O/c1-13(10-17,16-7-5-15-6-8-16)11-3-2-4-12(14)9-11/h2-4,9,15,17H,5-8,10H2,1H3. The van der Waals surface area contributed by atoms with Gasteiger partial charge in [0.05, 0.1) is 12.1 Å². The van der Waals surface area contributed by atoms with Crippen molar-refractivity contribution in [2.24, 2.45) is 0 Å². The van der Waals surface area contributed by atoms with Crippen LogP contribution in [0, 0.1) is 0 Å². The molecule has 1 atom stereocenters. The molecular weight excluding hydrogens is 236 g/mol. The first-order chi connectivity index (χ1) is 8.16. The number of rotatable bonds is 3. The first-order valence-corrected chi connectivity index (χ1v) is 6.37. The molecule has 1 saturated heterocycles. The van der Waals surface area contributed by atoms with Crippen LogP contribution < -0.4 is 5.32 Å². The van der Waals surface area contributed by atoms with Gasteiger partial charge in [-0.3, -0.25) is 4.90 Å². The number of benzene rings is 1. The topological polar surface area (TPSA) is 35.5 Å². The summed E-state index contributed by atoms with van der Waals surface area (Å²) in [5.41, 5.74) is 0.738. The van der Waals surface area contributed by atoms with Crippen molar-refractivity contribution in [3.63, 3.8) is 0 Å². The van der Waals surface area contributed by atoms with E-state index in [9.17, 15) is 5.11 Å². The molecule has 0 aliphatic carbocycles. The maximum Gasteiger partial charge on any atom is 0.0666 e. The van der Waals surface area contributed by atoms with E-state index in [1.165, 1.54) is 0 Å². The Morgan fingerprint density at radius 2 is 2.12 bits per heavy atom. The van der Waals surface area contributed by atoms with Crippen LogP contribution >= 0.6 is 11.6 Å². The highest BCUT2D eigenvalue weighted by Gasteiger charge is 2.33. The van der Waals surface area contributed by atoms with Gasteiger partial charge in [0.1, 0.15) is 0 Å². The SMILES string of the molecule is CC(CO)(c1cccc(Cl)c1)N1CCNCC1. The average Bonchev–Trinajstić information content (AvgIpc) is 2.39. The Balaban J connectivity index is 2.29. The van der Waals surface area contributed by atoms with E-state index in [0.717, 1.165) is 36.8 Å². The molecule has 2 N–H and O–H groups in total. The van der Waals surface area contributed by atoms with Crippen molar-refractivity contribution < 1.29 is 5.11 Å². The van der Waals surface area contributed by atoms with Crippen molar-refractivity contribution in [3.05, 3.63) is 34.9 Å². The zero-order chi connectivity index (χ0) is 12.3. The van der Waals surface area contributed by atoms with E-state index in [-0.39, 0.29) is 12.1 Å². The Labute approximate surface area is 107 Å². The lowest BCUT2D eigenvalue weighted by Crippen LogP contribution is -2.54. The zero-order valence-electron chi connectivity index (χ0n) is 10.1. The van der Waals surface area contributed by atoms with Gasteiger partial charge in [-0.25, -0.2) is 0 Å². The predicted molar refractivity (Wildman–Crippen MR) is 70.3 cm³/mol. The normalized spacial score (nSPS) is 21.1. The van der Waals surface area contributed by atoms with Crippen LogP contribution in [0.5, 0.6) is 0 Å². The summed E-state index contributed by atoms with van der Waals surface area (Å²) < 4.78 is 0. The van der Waals surface area contributed by atoms with E-state index in [0.29, 0.717) is 0 Å². The number of nitrogens with one attached hydrogen (secondary N) is 1. The molecule has 1 unspecified atom stereocenters. The minimum absolute atomic E-state index is 0.105. The van der Waals surface area contributed by atoms with Gasteiger partial charge in [-0.1, -0.05) is 23.7 Å². The van der Waals surface area contributed by atoms with Crippen molar-refractivity contribution in [2.75, 3.05) is 32.8 Å². The van der Waals surface area contributed by atoms with E-state index in [1.54, 1.807) is 0 Å². The molecule has 2 rings (SSSR count). The quantitative estimate of drug-likeness (QED) is 0.857. The van der Waals surface area contributed by atoms with Crippen LogP contribution in [0.25, 0.3) is 0 Å². The van der Waals surface area contributed by atoms with Crippen LogP contribution in [0.2, 0.25) is 5.02 Å². The molecular formula is C13H19ClN2O. The molecule has 1 aliphatic rings. The van der Waals surface area contributed by atoms with Gasteiger partial charge < -0.3 is 10.4 Å². The van der Waals surface area contributed by atoms with E-state index in [4.69, 9.17) is 11.6 Å². The smallest absolute Gasteiger partial charge is 0.0666 e. The lowest BCUT2D eigenvalue weighted by atomic mass is 9.90. The Morgan fingerprint density at radius 3 is 2.71 bits per heavy atom. The number of nitrogens with zero attached hydrogens (tertiary/aromatic N) is 1. The van der Waals surface area contributed by atoms with Crippen LogP contribution in [0.1, 0.15) is 12.5 Å². The summed E-state index contributed by atoms with van der Waals surface area (Å²) in [6, 6.07) is 7.78. The summed E-state index contributed by atoms with van der Waals surface area (Å²) in [6.45, 7) is 6.01. The number of aliphatic hydroxyl groups is 1. The summed E-state index contributed by atoms with van der Waals surface area (Å²) >= 11 is 6.03. The van der Waals surface area contributed by atoms with Gasteiger partial charge in [0.2, 0.25) is 0 Å². The fourth-order valence-electron chi connectivity index (χ4n) is 2.36. The Hall–Kier alpha value is -0.610. The van der Waals surface area contributed by atoms with Gasteiger partial charge >= 0.3 is 0 Å². The highest BCUT2D eigenvalue weighted by atomic mass is 35.5. The van der Waals surface area contributed by atoms with Crippen LogP contribution in [-0.4, -0.2) is 42.8 Å². The van der Waals surface area contributed by atoms with Gasteiger partial charge in [0.15, 0.2) is 0 Å². The third kappa shape index (κ3) is 2.63. The van der Waals surface area contributed by atoms with E-state index in [1.807, 2.05) is 24.3 Å². The van der Waals surface area contributed by atoms with E-state index in [2.05, 4.69) is 17.1 Å². The molecule has 1 aromatic rings. The molecule has 3 nitrogen and oxygen atoms in total. The highest BCUT2D eigenvalue weighted by molar-refractivity contribution is 6.30. The van der Waals surface area contributed by atoms with Crippen molar-refractivity contribution in [3.8, 4) is 0 Å². The summed E-state index contributed by atoms with van der Waals surface area (Å²) in [6.07, 6.45) is 0. The van der Waals surface area contributed by atoms with Gasteiger partial charge in [0.25, 0.3) is 0 Å². The number of piperazine rings is 1. The summed E-state index contributed by atoms with van der Waals surface area (Å²) in [7, 11) is 0. The Bertz CT molecular complexity index is 379. The molecule has 4 heteroatoms. The average molecular weight is 255 g/mol. The number of hydrogen-bond acceptors (Lipinski definition) is 3. The van der Waals surface area contributed by atoms with Crippen LogP contribution in [0.3, 0.4) is 0 Å². The Morgan fingerprint density at radius 1 is 1.41 bits per heavy atom. The first-order valence-electron chi connectivity index (χ1n) is 5.99. The molecule has 1 aromatic carbocycles. The van der Waals surface area contributed by atoms with Crippen LogP contribution in [0.15, 0.2) is 24.3 Å². The van der Waals surface area contributed by atoms with Crippen molar-refractivity contribution in [2.45, 2.75) is 12.5 Å². The van der Waals surface area contributed by atoms with E-state index < -0.39 is 0 Å². The second kappa shape index (κ2) is 5.36. The maximum atomic E-state index is 9.78. The fraction of sp³-hybridized carbons (Fsp3) is 0.538. The fourth-order valence-corrected chi connectivity index (χ4v) is 2.55. The molecule has 0 aromatic heterocycles. The van der Waals surface area contributed by atoms with Crippen LogP contribution in [0.4, 0.5) is 0 Å². The van der Waals surface area contributed by atoms with Crippen molar-refractivity contribution >= 4 is 11.6 Å². The molecule has 94 valence electrons. The second-order valence-electron chi connectivity index (χ2n) is 4.68. The summed E-state index contributed by atoms with van der Waals surface area (Å²) in [4.78, 5) is 2.31. The monoisotopic (exact) mass is 254 g/mol. The first kappa shape index (κ1) is 12.8. The minimum atomic E-state index is -0.340. The lowest BCUT2D eigenvalue weighted by molar-refractivity contribution is 0.0311. The maximum absolute atomic E-state index is 9.78. The molecule has 17 heavy (non-hydrogen) atoms. The van der Waals surface area contributed by atoms with Gasteiger partial charge in [0, 0.05) is 31.2 Å². The third-order valence-corrected chi connectivity index (χ3v) is 3.80. The van der Waals surface area contributed by atoms with Gasteiger partial charge in [-0.05, 0) is 24.6 Å². The van der Waals surface area contributed by atoms with Crippen molar-refractivity contribution in [1.82, 2.24) is 10.2 Å². The molecule has 0 spiro atoms. The van der Waals surface area contributed by atoms with Gasteiger partial charge in [-0.2, -0.15) is 0 Å². The summed E-state index contributed by atoms with van der Waals surface area (Å²) in [5, 5.41) is 13.8. The van der Waals surface area contributed by atoms with Gasteiger partial charge in [-0.15, -0.1) is 0 Å². The lowest BCUT2D eigenvalue weighted by Gasteiger charge is -2.43. The molecule has 1 fully saturated rings. The summed E-state index contributed by atoms with van der Waals surface area (Å²) in [5.74, 6) is 0. The molecule has 0 radical (unpaired) electrons. The molecule has 0 saturated carbocycles. The number of halogens is 1. The molecule has 1 aliphatic heterocycles. The number of hydrogen-bond donors (Lipinski definition) is 2. The second-order valence-corrected chi connectivity index (χ2v) is 5.12. The number of aliphatic hydroxyl groups excluding tert-OH is 1. The van der Waals surface area contributed by atoms with Crippen molar-refractivity contribution in [1.29, 1.82) is 0 Å². The highest BCUT2D eigenvalue weighted by Crippen LogP contribution is 2.29. The minimum Gasteiger partial charge on any atom is -0.394 e. The Kier molecular flexibility index (Phi) is 4.05. The molecule has 0 bridgehead atoms. The predicted octanol–water partition coefficient (Wildman–Crippen LogP) is 1.45. The zero-order valence-corrected chi connectivity index (χ0v) is 10.9.